The zero-order valence-corrected chi connectivity index (χ0v) is 6.97. The molecular formula is C9H15NO. The van der Waals surface area contributed by atoms with Gasteiger partial charge in [0, 0.05) is 12.0 Å². The van der Waals surface area contributed by atoms with E-state index in [0.29, 0.717) is 17.7 Å². The Morgan fingerprint density at radius 2 is 2.27 bits per heavy atom. The van der Waals surface area contributed by atoms with E-state index in [0.717, 1.165) is 12.8 Å². The van der Waals surface area contributed by atoms with Crippen molar-refractivity contribution in [2.75, 3.05) is 0 Å². The zero-order chi connectivity index (χ0) is 7.84. The number of carbonyl (C=O) groups is 1. The van der Waals surface area contributed by atoms with Crippen molar-refractivity contribution >= 4 is 5.78 Å². The monoisotopic (exact) mass is 153 g/mol. The van der Waals surface area contributed by atoms with E-state index in [4.69, 9.17) is 0 Å². The largest absolute Gasteiger partial charge is 0.305 e. The number of carbonyl (C=O) groups excluding carboxylic acids is 1. The Morgan fingerprint density at radius 3 is 3.09 bits per heavy atom. The van der Waals surface area contributed by atoms with Crippen LogP contribution < -0.4 is 5.32 Å². The van der Waals surface area contributed by atoms with Crippen LogP contribution in [0.3, 0.4) is 0 Å². The molecular weight excluding hydrogens is 138 g/mol. The van der Waals surface area contributed by atoms with Crippen molar-refractivity contribution in [2.45, 2.75) is 44.7 Å². The van der Waals surface area contributed by atoms with Crippen LogP contribution in [0, 0.1) is 5.92 Å². The summed E-state index contributed by atoms with van der Waals surface area (Å²) in [5.41, 5.74) is 0. The highest BCUT2D eigenvalue weighted by Crippen LogP contribution is 2.26. The Balaban J connectivity index is 2.11. The lowest BCUT2D eigenvalue weighted by Crippen LogP contribution is -2.54. The first-order valence-corrected chi connectivity index (χ1v) is 4.57. The zero-order valence-electron chi connectivity index (χ0n) is 6.97. The highest BCUT2D eigenvalue weighted by atomic mass is 16.1. The highest BCUT2D eigenvalue weighted by molar-refractivity contribution is 5.87. The van der Waals surface area contributed by atoms with Gasteiger partial charge in [0.1, 0.15) is 0 Å². The molecule has 2 saturated heterocycles. The van der Waals surface area contributed by atoms with Crippen LogP contribution in [0.2, 0.25) is 0 Å². The van der Waals surface area contributed by atoms with Gasteiger partial charge in [0.25, 0.3) is 0 Å². The van der Waals surface area contributed by atoms with Crippen molar-refractivity contribution in [1.82, 2.24) is 5.32 Å². The third-order valence-corrected chi connectivity index (χ3v) is 2.95. The number of hydrogen-bond donors (Lipinski definition) is 1. The fourth-order valence-corrected chi connectivity index (χ4v) is 2.32. The third-order valence-electron chi connectivity index (χ3n) is 2.95. The van der Waals surface area contributed by atoms with E-state index in [1.165, 1.54) is 12.8 Å². The first-order valence-electron chi connectivity index (χ1n) is 4.57. The number of fused-ring (bicyclic) bond motifs is 2. The standard InChI is InChI=1S/C9H15NO/c1-6-5-7-3-2-4-8(10-7)9(6)11/h6-8,10H,2-5H2,1H3. The molecule has 0 saturated carbocycles. The minimum absolute atomic E-state index is 0.206. The molecule has 2 bridgehead atoms. The topological polar surface area (TPSA) is 29.1 Å². The van der Waals surface area contributed by atoms with Crippen molar-refractivity contribution in [3.63, 3.8) is 0 Å². The molecule has 62 valence electrons. The van der Waals surface area contributed by atoms with Gasteiger partial charge in [-0.3, -0.25) is 4.79 Å². The lowest BCUT2D eigenvalue weighted by Gasteiger charge is -2.37. The van der Waals surface area contributed by atoms with Crippen LogP contribution in [0.5, 0.6) is 0 Å². The molecule has 2 aliphatic heterocycles. The van der Waals surface area contributed by atoms with Crippen LogP contribution in [0.4, 0.5) is 0 Å². The Labute approximate surface area is 67.4 Å². The Bertz CT molecular complexity index is 176. The SMILES string of the molecule is CC1CC2CCCC(N2)C1=O. The smallest absolute Gasteiger partial charge is 0.152 e. The van der Waals surface area contributed by atoms with E-state index in [9.17, 15) is 4.79 Å². The van der Waals surface area contributed by atoms with Crippen LogP contribution in [-0.4, -0.2) is 17.9 Å². The van der Waals surface area contributed by atoms with Crippen molar-refractivity contribution < 1.29 is 4.79 Å². The molecule has 2 heteroatoms. The van der Waals surface area contributed by atoms with Crippen molar-refractivity contribution in [1.29, 1.82) is 0 Å². The fraction of sp³-hybridized carbons (Fsp3) is 0.889. The van der Waals surface area contributed by atoms with E-state index in [1.807, 2.05) is 0 Å². The second-order valence-corrected chi connectivity index (χ2v) is 3.89. The van der Waals surface area contributed by atoms with Gasteiger partial charge < -0.3 is 5.32 Å². The minimum Gasteiger partial charge on any atom is -0.305 e. The molecule has 0 aliphatic carbocycles. The molecule has 0 aromatic rings. The molecule has 0 radical (unpaired) electrons. The molecule has 0 aromatic carbocycles. The Morgan fingerprint density at radius 1 is 1.45 bits per heavy atom. The molecule has 2 fully saturated rings. The van der Waals surface area contributed by atoms with Crippen LogP contribution >= 0.6 is 0 Å². The molecule has 0 aromatic heterocycles. The van der Waals surface area contributed by atoms with Gasteiger partial charge in [0.2, 0.25) is 0 Å². The van der Waals surface area contributed by atoms with Gasteiger partial charge in [-0.1, -0.05) is 6.92 Å². The molecule has 3 unspecified atom stereocenters. The molecule has 1 N–H and O–H groups in total. The molecule has 2 aliphatic rings. The van der Waals surface area contributed by atoms with Crippen LogP contribution in [0.15, 0.2) is 0 Å². The van der Waals surface area contributed by atoms with E-state index in [2.05, 4.69) is 12.2 Å². The van der Waals surface area contributed by atoms with E-state index >= 15 is 0 Å². The Hall–Kier alpha value is -0.370. The van der Waals surface area contributed by atoms with E-state index in [1.54, 1.807) is 0 Å². The maximum atomic E-state index is 11.5. The normalized spacial score (nSPS) is 44.1. The second kappa shape index (κ2) is 2.59. The molecule has 0 spiro atoms. The fourth-order valence-electron chi connectivity index (χ4n) is 2.32. The van der Waals surface area contributed by atoms with Crippen molar-refractivity contribution in [3.8, 4) is 0 Å². The minimum atomic E-state index is 0.206. The van der Waals surface area contributed by atoms with Crippen molar-refractivity contribution in [2.24, 2.45) is 5.92 Å². The first-order chi connectivity index (χ1) is 5.27. The quantitative estimate of drug-likeness (QED) is 0.564. The number of rotatable bonds is 0. The summed E-state index contributed by atoms with van der Waals surface area (Å²) in [6, 6.07) is 0.846. The predicted octanol–water partition coefficient (Wildman–Crippen LogP) is 1.11. The van der Waals surface area contributed by atoms with E-state index < -0.39 is 0 Å². The van der Waals surface area contributed by atoms with Crippen molar-refractivity contribution in [3.05, 3.63) is 0 Å². The maximum Gasteiger partial charge on any atom is 0.152 e. The molecule has 0 amide bonds. The third kappa shape index (κ3) is 1.20. The molecule has 3 atom stereocenters. The van der Waals surface area contributed by atoms with Gasteiger partial charge in [0.05, 0.1) is 6.04 Å². The lowest BCUT2D eigenvalue weighted by molar-refractivity contribution is -0.128. The number of Topliss-reactive ketones (excluding diaryl/α,β-unsaturated/α-hetero) is 1. The van der Waals surface area contributed by atoms with Gasteiger partial charge in [-0.2, -0.15) is 0 Å². The summed E-state index contributed by atoms with van der Waals surface area (Å²) in [5, 5.41) is 3.38. The van der Waals surface area contributed by atoms with Crippen LogP contribution in [0.1, 0.15) is 32.6 Å². The molecule has 2 heterocycles. The Kier molecular flexibility index (Phi) is 1.72. The highest BCUT2D eigenvalue weighted by Gasteiger charge is 2.35. The summed E-state index contributed by atoms with van der Waals surface area (Å²) in [4.78, 5) is 11.5. The maximum absolute atomic E-state index is 11.5. The summed E-state index contributed by atoms with van der Waals surface area (Å²) in [6.07, 6.45) is 4.64. The second-order valence-electron chi connectivity index (χ2n) is 3.89. The molecule has 2 rings (SSSR count). The van der Waals surface area contributed by atoms with E-state index in [-0.39, 0.29) is 6.04 Å². The first kappa shape index (κ1) is 7.29. The number of nitrogens with one attached hydrogen (secondary N) is 1. The average Bonchev–Trinajstić information content (AvgIpc) is 2.01. The summed E-state index contributed by atoms with van der Waals surface area (Å²) in [6.45, 7) is 2.06. The summed E-state index contributed by atoms with van der Waals surface area (Å²) >= 11 is 0. The molecule has 2 nitrogen and oxygen atoms in total. The number of ketones is 1. The summed E-state index contributed by atoms with van der Waals surface area (Å²) < 4.78 is 0. The predicted molar refractivity (Wildman–Crippen MR) is 43.4 cm³/mol. The number of hydrogen-bond acceptors (Lipinski definition) is 2. The lowest BCUT2D eigenvalue weighted by atomic mass is 9.80. The van der Waals surface area contributed by atoms with Crippen LogP contribution in [0.25, 0.3) is 0 Å². The summed E-state index contributed by atoms with van der Waals surface area (Å²) in [5.74, 6) is 0.757. The van der Waals surface area contributed by atoms with Gasteiger partial charge in [-0.05, 0) is 25.7 Å². The van der Waals surface area contributed by atoms with Gasteiger partial charge in [0.15, 0.2) is 5.78 Å². The van der Waals surface area contributed by atoms with Crippen LogP contribution in [-0.2, 0) is 4.79 Å². The van der Waals surface area contributed by atoms with Gasteiger partial charge in [-0.25, -0.2) is 0 Å². The average molecular weight is 153 g/mol. The van der Waals surface area contributed by atoms with Gasteiger partial charge >= 0.3 is 0 Å². The summed E-state index contributed by atoms with van der Waals surface area (Å²) in [7, 11) is 0. The number of piperidine rings is 2. The van der Waals surface area contributed by atoms with Gasteiger partial charge in [-0.15, -0.1) is 0 Å². The molecule has 11 heavy (non-hydrogen) atoms.